The average molecular weight is 281 g/mol. The van der Waals surface area contributed by atoms with Gasteiger partial charge in [0, 0.05) is 5.69 Å². The summed E-state index contributed by atoms with van der Waals surface area (Å²) in [5.41, 5.74) is 4.01. The van der Waals surface area contributed by atoms with E-state index in [9.17, 15) is 0 Å². The normalized spacial score (nSPS) is 20.8. The summed E-state index contributed by atoms with van der Waals surface area (Å²) < 4.78 is 5.72. The number of benzene rings is 2. The van der Waals surface area contributed by atoms with Crippen molar-refractivity contribution < 1.29 is 4.74 Å². The smallest absolute Gasteiger partial charge is 0.119 e. The van der Waals surface area contributed by atoms with Crippen molar-refractivity contribution in [1.82, 2.24) is 0 Å². The quantitative estimate of drug-likeness (QED) is 0.871. The van der Waals surface area contributed by atoms with Gasteiger partial charge in [0.05, 0.1) is 12.1 Å². The Hall–Kier alpha value is -1.96. The van der Waals surface area contributed by atoms with E-state index in [2.05, 4.69) is 74.6 Å². The fourth-order valence-corrected chi connectivity index (χ4v) is 3.05. The molecule has 2 unspecified atom stereocenters. The Balaban J connectivity index is 1.81. The lowest BCUT2D eigenvalue weighted by molar-refractivity contribution is 0.242. The van der Waals surface area contributed by atoms with Crippen LogP contribution in [0.1, 0.15) is 37.9 Å². The molecule has 2 aromatic carbocycles. The van der Waals surface area contributed by atoms with Crippen molar-refractivity contribution in [2.24, 2.45) is 5.92 Å². The van der Waals surface area contributed by atoms with Crippen molar-refractivity contribution >= 4 is 5.69 Å². The molecule has 2 heteroatoms. The Labute approximate surface area is 127 Å². The molecule has 21 heavy (non-hydrogen) atoms. The van der Waals surface area contributed by atoms with Crippen LogP contribution in [-0.4, -0.2) is 6.10 Å². The highest BCUT2D eigenvalue weighted by Crippen LogP contribution is 2.36. The molecular weight excluding hydrogens is 258 g/mol. The summed E-state index contributed by atoms with van der Waals surface area (Å²) in [6.07, 6.45) is 1.34. The van der Waals surface area contributed by atoms with Gasteiger partial charge < -0.3 is 10.1 Å². The van der Waals surface area contributed by atoms with E-state index in [-0.39, 0.29) is 6.10 Å². The van der Waals surface area contributed by atoms with Crippen molar-refractivity contribution in [3.63, 3.8) is 0 Å². The molecular formula is C19H23NO. The Morgan fingerprint density at radius 3 is 2.48 bits per heavy atom. The topological polar surface area (TPSA) is 21.3 Å². The Morgan fingerprint density at radius 2 is 1.76 bits per heavy atom. The zero-order chi connectivity index (χ0) is 14.8. The Kier molecular flexibility index (Phi) is 3.87. The van der Waals surface area contributed by atoms with Crippen LogP contribution in [0.4, 0.5) is 5.69 Å². The second-order valence-electron chi connectivity index (χ2n) is 6.20. The second-order valence-corrected chi connectivity index (χ2v) is 6.20. The summed E-state index contributed by atoms with van der Waals surface area (Å²) in [5.74, 6) is 1.52. The molecule has 0 saturated carbocycles. The molecule has 1 N–H and O–H groups in total. The molecule has 0 spiro atoms. The van der Waals surface area contributed by atoms with Crippen LogP contribution in [0.5, 0.6) is 5.75 Å². The first-order valence-corrected chi connectivity index (χ1v) is 7.74. The molecule has 1 aliphatic heterocycles. The van der Waals surface area contributed by atoms with Gasteiger partial charge in [-0.25, -0.2) is 0 Å². The monoisotopic (exact) mass is 281 g/mol. The number of anilines is 1. The van der Waals surface area contributed by atoms with Gasteiger partial charge in [-0.05, 0) is 55.5 Å². The van der Waals surface area contributed by atoms with Crippen molar-refractivity contribution in [2.75, 3.05) is 5.32 Å². The molecule has 1 heterocycles. The maximum atomic E-state index is 5.72. The first kappa shape index (κ1) is 14.0. The third-order valence-corrected chi connectivity index (χ3v) is 4.05. The lowest BCUT2D eigenvalue weighted by Gasteiger charge is -2.33. The number of rotatable bonds is 3. The van der Waals surface area contributed by atoms with Crippen molar-refractivity contribution in [1.29, 1.82) is 0 Å². The van der Waals surface area contributed by atoms with Crippen LogP contribution >= 0.6 is 0 Å². The predicted molar refractivity (Wildman–Crippen MR) is 87.9 cm³/mol. The van der Waals surface area contributed by atoms with Gasteiger partial charge in [0.25, 0.3) is 0 Å². The van der Waals surface area contributed by atoms with Crippen LogP contribution in [0, 0.1) is 5.92 Å². The van der Waals surface area contributed by atoms with E-state index < -0.39 is 0 Å². The SMILES string of the molecule is CC(C)Oc1ccc(C2Nc3ccccc3CC2C)cc1. The van der Waals surface area contributed by atoms with E-state index in [0.717, 1.165) is 12.2 Å². The van der Waals surface area contributed by atoms with Crippen LogP contribution < -0.4 is 10.1 Å². The first-order valence-electron chi connectivity index (χ1n) is 7.74. The fourth-order valence-electron chi connectivity index (χ4n) is 3.05. The highest BCUT2D eigenvalue weighted by atomic mass is 16.5. The highest BCUT2D eigenvalue weighted by molar-refractivity contribution is 5.55. The molecule has 2 atom stereocenters. The third kappa shape index (κ3) is 3.05. The zero-order valence-electron chi connectivity index (χ0n) is 13.0. The summed E-state index contributed by atoms with van der Waals surface area (Å²) in [6.45, 7) is 6.41. The van der Waals surface area contributed by atoms with E-state index in [1.54, 1.807) is 0 Å². The number of para-hydroxylation sites is 1. The highest BCUT2D eigenvalue weighted by Gasteiger charge is 2.25. The summed E-state index contributed by atoms with van der Waals surface area (Å²) in [4.78, 5) is 0. The van der Waals surface area contributed by atoms with Gasteiger partial charge in [0.15, 0.2) is 0 Å². The van der Waals surface area contributed by atoms with E-state index in [0.29, 0.717) is 12.0 Å². The number of hydrogen-bond acceptors (Lipinski definition) is 2. The van der Waals surface area contributed by atoms with E-state index in [1.807, 2.05) is 0 Å². The van der Waals surface area contributed by atoms with Gasteiger partial charge in [-0.3, -0.25) is 0 Å². The van der Waals surface area contributed by atoms with Gasteiger partial charge in [-0.1, -0.05) is 37.3 Å². The molecule has 0 amide bonds. The number of nitrogens with one attached hydrogen (secondary N) is 1. The average Bonchev–Trinajstić information content (AvgIpc) is 2.47. The summed E-state index contributed by atoms with van der Waals surface area (Å²) in [5, 5.41) is 3.68. The Bertz CT molecular complexity index is 603. The van der Waals surface area contributed by atoms with Crippen LogP contribution in [0.25, 0.3) is 0 Å². The molecule has 0 bridgehead atoms. The second kappa shape index (κ2) is 5.80. The number of hydrogen-bond donors (Lipinski definition) is 1. The minimum atomic E-state index is 0.217. The summed E-state index contributed by atoms with van der Waals surface area (Å²) >= 11 is 0. The van der Waals surface area contributed by atoms with Gasteiger partial charge in [-0.15, -0.1) is 0 Å². The molecule has 110 valence electrons. The molecule has 0 aliphatic carbocycles. The van der Waals surface area contributed by atoms with Crippen molar-refractivity contribution in [2.45, 2.75) is 39.3 Å². The molecule has 0 fully saturated rings. The minimum absolute atomic E-state index is 0.217. The largest absolute Gasteiger partial charge is 0.491 e. The van der Waals surface area contributed by atoms with Gasteiger partial charge in [0.2, 0.25) is 0 Å². The van der Waals surface area contributed by atoms with Crippen LogP contribution in [0.3, 0.4) is 0 Å². The molecule has 0 aromatic heterocycles. The zero-order valence-corrected chi connectivity index (χ0v) is 13.0. The van der Waals surface area contributed by atoms with Gasteiger partial charge in [-0.2, -0.15) is 0 Å². The lowest BCUT2D eigenvalue weighted by Crippen LogP contribution is -2.25. The lowest BCUT2D eigenvalue weighted by atomic mass is 9.85. The molecule has 2 aromatic rings. The van der Waals surface area contributed by atoms with Gasteiger partial charge in [0.1, 0.15) is 5.75 Å². The van der Waals surface area contributed by atoms with E-state index in [4.69, 9.17) is 4.74 Å². The first-order chi connectivity index (χ1) is 10.1. The van der Waals surface area contributed by atoms with E-state index in [1.165, 1.54) is 16.8 Å². The maximum absolute atomic E-state index is 5.72. The maximum Gasteiger partial charge on any atom is 0.119 e. The number of ether oxygens (including phenoxy) is 1. The van der Waals surface area contributed by atoms with Crippen molar-refractivity contribution in [3.05, 3.63) is 59.7 Å². The molecule has 1 aliphatic rings. The molecule has 0 saturated heterocycles. The summed E-state index contributed by atoms with van der Waals surface area (Å²) in [6, 6.07) is 17.5. The van der Waals surface area contributed by atoms with E-state index >= 15 is 0 Å². The molecule has 3 rings (SSSR count). The summed E-state index contributed by atoms with van der Waals surface area (Å²) in [7, 11) is 0. The Morgan fingerprint density at radius 1 is 1.05 bits per heavy atom. The van der Waals surface area contributed by atoms with Crippen LogP contribution in [0.15, 0.2) is 48.5 Å². The predicted octanol–water partition coefficient (Wildman–Crippen LogP) is 4.82. The number of fused-ring (bicyclic) bond motifs is 1. The van der Waals surface area contributed by atoms with Gasteiger partial charge >= 0.3 is 0 Å². The minimum Gasteiger partial charge on any atom is -0.491 e. The standard InChI is InChI=1S/C19H23NO/c1-13(2)21-17-10-8-15(9-11-17)19-14(3)12-16-6-4-5-7-18(16)20-19/h4-11,13-14,19-20H,12H2,1-3H3. The van der Waals surface area contributed by atoms with Crippen LogP contribution in [0.2, 0.25) is 0 Å². The van der Waals surface area contributed by atoms with Crippen molar-refractivity contribution in [3.8, 4) is 5.75 Å². The molecule has 0 radical (unpaired) electrons. The third-order valence-electron chi connectivity index (χ3n) is 4.05. The van der Waals surface area contributed by atoms with Crippen LogP contribution in [-0.2, 0) is 6.42 Å². The fraction of sp³-hybridized carbons (Fsp3) is 0.368. The molecule has 2 nitrogen and oxygen atoms in total.